The summed E-state index contributed by atoms with van der Waals surface area (Å²) >= 11 is 0. The number of amides is 1. The van der Waals surface area contributed by atoms with Crippen molar-refractivity contribution in [2.24, 2.45) is 0 Å². The van der Waals surface area contributed by atoms with Crippen LogP contribution >= 0.6 is 0 Å². The van der Waals surface area contributed by atoms with E-state index >= 15 is 0 Å². The zero-order chi connectivity index (χ0) is 22.6. The smallest absolute Gasteiger partial charge is 0.243 e. The van der Waals surface area contributed by atoms with Gasteiger partial charge in [0.2, 0.25) is 15.9 Å². The third-order valence-electron chi connectivity index (χ3n) is 5.30. The topological polar surface area (TPSA) is 103 Å². The first-order valence-electron chi connectivity index (χ1n) is 10.4. The molecule has 172 valence electrons. The Morgan fingerprint density at radius 1 is 1.03 bits per heavy atom. The van der Waals surface area contributed by atoms with Crippen molar-refractivity contribution < 1.29 is 32.2 Å². The standard InChI is InChI=1S/C22H26N2O7S/c1-28-19-6-4-17(32(26,27)24-8-10-29-11-9-24)15-18(19)23-22(25)7-3-16-2-5-20-21(14-16)31-13-12-30-20/h2,4-6,14-15H,3,7-13H2,1H3,(H,23,25). The summed E-state index contributed by atoms with van der Waals surface area (Å²) in [6.45, 7) is 2.34. The molecule has 0 radical (unpaired) electrons. The summed E-state index contributed by atoms with van der Waals surface area (Å²) in [6.07, 6.45) is 0.708. The number of fused-ring (bicyclic) bond motifs is 1. The lowest BCUT2D eigenvalue weighted by atomic mass is 10.1. The van der Waals surface area contributed by atoms with Gasteiger partial charge in [0.15, 0.2) is 11.5 Å². The van der Waals surface area contributed by atoms with E-state index in [4.69, 9.17) is 18.9 Å². The summed E-state index contributed by atoms with van der Waals surface area (Å²) in [5.74, 6) is 1.52. The Balaban J connectivity index is 1.44. The molecule has 10 heteroatoms. The van der Waals surface area contributed by atoms with Gasteiger partial charge >= 0.3 is 0 Å². The number of morpholine rings is 1. The van der Waals surface area contributed by atoms with Crippen molar-refractivity contribution in [1.82, 2.24) is 4.31 Å². The minimum atomic E-state index is -3.69. The number of hydrogen-bond acceptors (Lipinski definition) is 7. The number of anilines is 1. The predicted molar refractivity (Wildman–Crippen MR) is 117 cm³/mol. The van der Waals surface area contributed by atoms with Crippen LogP contribution in [0.3, 0.4) is 0 Å². The van der Waals surface area contributed by atoms with Gasteiger partial charge in [-0.25, -0.2) is 8.42 Å². The average Bonchev–Trinajstić information content (AvgIpc) is 2.83. The molecule has 2 aromatic carbocycles. The predicted octanol–water partition coefficient (Wildman–Crippen LogP) is 2.06. The summed E-state index contributed by atoms with van der Waals surface area (Å²) < 4.78 is 48.9. The van der Waals surface area contributed by atoms with Gasteiger partial charge in [-0.2, -0.15) is 4.31 Å². The second kappa shape index (κ2) is 9.76. The molecule has 0 aromatic heterocycles. The number of nitrogens with zero attached hydrogens (tertiary/aromatic N) is 1. The van der Waals surface area contributed by atoms with E-state index in [1.807, 2.05) is 18.2 Å². The number of carbonyl (C=O) groups excluding carboxylic acids is 1. The third-order valence-corrected chi connectivity index (χ3v) is 7.19. The summed E-state index contributed by atoms with van der Waals surface area (Å²) in [5.41, 5.74) is 1.26. The highest BCUT2D eigenvalue weighted by Gasteiger charge is 2.27. The second-order valence-electron chi connectivity index (χ2n) is 7.40. The number of carbonyl (C=O) groups is 1. The molecule has 0 bridgehead atoms. The highest BCUT2D eigenvalue weighted by Crippen LogP contribution is 2.32. The van der Waals surface area contributed by atoms with E-state index < -0.39 is 10.0 Å². The maximum absolute atomic E-state index is 12.9. The highest BCUT2D eigenvalue weighted by atomic mass is 32.2. The maximum atomic E-state index is 12.9. The number of sulfonamides is 1. The van der Waals surface area contributed by atoms with Crippen LogP contribution < -0.4 is 19.5 Å². The van der Waals surface area contributed by atoms with Crippen LogP contribution in [0.25, 0.3) is 0 Å². The fraction of sp³-hybridized carbons (Fsp3) is 0.409. The Morgan fingerprint density at radius 3 is 2.53 bits per heavy atom. The van der Waals surface area contributed by atoms with Gasteiger partial charge in [0, 0.05) is 19.5 Å². The van der Waals surface area contributed by atoms with Crippen LogP contribution in [0, 0.1) is 0 Å². The van der Waals surface area contributed by atoms with Crippen molar-refractivity contribution in [3.63, 3.8) is 0 Å². The SMILES string of the molecule is COc1ccc(S(=O)(=O)N2CCOCC2)cc1NC(=O)CCc1ccc2c(c1)OCCO2. The van der Waals surface area contributed by atoms with Crippen molar-refractivity contribution in [3.8, 4) is 17.2 Å². The van der Waals surface area contributed by atoms with Crippen LogP contribution in [0.15, 0.2) is 41.3 Å². The average molecular weight is 463 g/mol. The number of aryl methyl sites for hydroxylation is 1. The van der Waals surface area contributed by atoms with Gasteiger partial charge in [0.1, 0.15) is 19.0 Å². The number of nitrogens with one attached hydrogen (secondary N) is 1. The molecule has 0 atom stereocenters. The minimum Gasteiger partial charge on any atom is -0.495 e. The van der Waals surface area contributed by atoms with E-state index in [9.17, 15) is 13.2 Å². The Kier molecular flexibility index (Phi) is 6.83. The quantitative estimate of drug-likeness (QED) is 0.672. The van der Waals surface area contributed by atoms with Crippen LogP contribution in [0.2, 0.25) is 0 Å². The first-order valence-corrected chi connectivity index (χ1v) is 11.9. The molecule has 2 heterocycles. The Bertz CT molecular complexity index is 1080. The number of methoxy groups -OCH3 is 1. The molecule has 1 N–H and O–H groups in total. The van der Waals surface area contributed by atoms with Gasteiger partial charge in [-0.3, -0.25) is 4.79 Å². The fourth-order valence-electron chi connectivity index (χ4n) is 3.60. The van der Waals surface area contributed by atoms with Crippen molar-refractivity contribution >= 4 is 21.6 Å². The van der Waals surface area contributed by atoms with Gasteiger partial charge in [-0.15, -0.1) is 0 Å². The van der Waals surface area contributed by atoms with Crippen LogP contribution in [-0.2, 0) is 26.0 Å². The third kappa shape index (κ3) is 4.98. The molecule has 0 spiro atoms. The largest absolute Gasteiger partial charge is 0.495 e. The summed E-state index contributed by atoms with van der Waals surface area (Å²) in [4.78, 5) is 12.7. The van der Waals surface area contributed by atoms with E-state index in [0.717, 1.165) is 5.56 Å². The molecule has 4 rings (SSSR count). The minimum absolute atomic E-state index is 0.0994. The number of hydrogen-bond donors (Lipinski definition) is 1. The van der Waals surface area contributed by atoms with Crippen LogP contribution in [0.5, 0.6) is 17.2 Å². The second-order valence-corrected chi connectivity index (χ2v) is 9.34. The summed E-state index contributed by atoms with van der Waals surface area (Å²) in [5, 5.41) is 2.78. The van der Waals surface area contributed by atoms with Crippen molar-refractivity contribution in [1.29, 1.82) is 0 Å². The fourth-order valence-corrected chi connectivity index (χ4v) is 5.03. The van der Waals surface area contributed by atoms with Crippen molar-refractivity contribution in [2.45, 2.75) is 17.7 Å². The normalized spacial score (nSPS) is 16.4. The molecular weight excluding hydrogens is 436 g/mol. The van der Waals surface area contributed by atoms with Gasteiger partial charge < -0.3 is 24.3 Å². The Morgan fingerprint density at radius 2 is 1.78 bits per heavy atom. The summed E-state index contributed by atoms with van der Waals surface area (Å²) in [7, 11) is -2.22. The van der Waals surface area contributed by atoms with Crippen LogP contribution in [0.1, 0.15) is 12.0 Å². The molecule has 1 amide bonds. The van der Waals surface area contributed by atoms with Gasteiger partial charge in [-0.1, -0.05) is 6.07 Å². The van der Waals surface area contributed by atoms with Crippen molar-refractivity contribution in [2.75, 3.05) is 51.9 Å². The Labute approximate surface area is 187 Å². The molecule has 9 nitrogen and oxygen atoms in total. The molecule has 2 aliphatic heterocycles. The molecule has 0 saturated carbocycles. The van der Waals surface area contributed by atoms with Gasteiger partial charge in [-0.05, 0) is 42.3 Å². The first-order chi connectivity index (χ1) is 15.5. The molecule has 2 aliphatic rings. The van der Waals surface area contributed by atoms with Crippen molar-refractivity contribution in [3.05, 3.63) is 42.0 Å². The van der Waals surface area contributed by atoms with E-state index in [0.29, 0.717) is 68.9 Å². The van der Waals surface area contributed by atoms with E-state index in [1.54, 1.807) is 6.07 Å². The molecule has 0 aliphatic carbocycles. The number of benzene rings is 2. The van der Waals surface area contributed by atoms with E-state index in [-0.39, 0.29) is 17.2 Å². The molecule has 2 aromatic rings. The molecule has 1 fully saturated rings. The lowest BCUT2D eigenvalue weighted by Gasteiger charge is -2.26. The van der Waals surface area contributed by atoms with E-state index in [1.165, 1.54) is 23.5 Å². The monoisotopic (exact) mass is 462 g/mol. The van der Waals surface area contributed by atoms with Gasteiger partial charge in [0.25, 0.3) is 0 Å². The Hall–Kier alpha value is -2.82. The van der Waals surface area contributed by atoms with Crippen LogP contribution in [0.4, 0.5) is 5.69 Å². The summed E-state index contributed by atoms with van der Waals surface area (Å²) in [6, 6.07) is 10.1. The van der Waals surface area contributed by atoms with Gasteiger partial charge in [0.05, 0.1) is 30.9 Å². The number of ether oxygens (including phenoxy) is 4. The zero-order valence-corrected chi connectivity index (χ0v) is 18.7. The lowest BCUT2D eigenvalue weighted by molar-refractivity contribution is -0.116. The molecule has 1 saturated heterocycles. The highest BCUT2D eigenvalue weighted by molar-refractivity contribution is 7.89. The van der Waals surface area contributed by atoms with E-state index in [2.05, 4.69) is 5.32 Å². The first kappa shape index (κ1) is 22.4. The molecular formula is C22H26N2O7S. The van der Waals surface area contributed by atoms with Crippen LogP contribution in [-0.4, -0.2) is 65.3 Å². The molecule has 0 unspecified atom stereocenters. The molecule has 32 heavy (non-hydrogen) atoms. The zero-order valence-electron chi connectivity index (χ0n) is 17.8. The maximum Gasteiger partial charge on any atom is 0.243 e. The lowest BCUT2D eigenvalue weighted by Crippen LogP contribution is -2.40. The number of rotatable bonds is 7.